The van der Waals surface area contributed by atoms with Crippen LogP contribution < -0.4 is 5.32 Å². The lowest BCUT2D eigenvalue weighted by molar-refractivity contribution is 0.0734. The number of aryl methyl sites for hydroxylation is 2. The number of carbonyl (C=O) groups excluding carboxylic acids is 1. The Kier molecular flexibility index (Phi) is 4.10. The number of H-pyrrole nitrogens is 1. The van der Waals surface area contributed by atoms with E-state index in [1.54, 1.807) is 0 Å². The van der Waals surface area contributed by atoms with Gasteiger partial charge < -0.3 is 10.2 Å². The van der Waals surface area contributed by atoms with Crippen molar-refractivity contribution in [1.29, 1.82) is 0 Å². The number of hydrogen-bond acceptors (Lipinski definition) is 6. The highest BCUT2D eigenvalue weighted by Crippen LogP contribution is 2.33. The molecule has 2 aromatic heterocycles. The van der Waals surface area contributed by atoms with Gasteiger partial charge in [-0.05, 0) is 33.6 Å². The minimum absolute atomic E-state index is 0.0316. The van der Waals surface area contributed by atoms with Gasteiger partial charge in [0.2, 0.25) is 0 Å². The van der Waals surface area contributed by atoms with E-state index >= 15 is 0 Å². The molecule has 8 heteroatoms. The van der Waals surface area contributed by atoms with Crippen LogP contribution in [0.5, 0.6) is 0 Å². The van der Waals surface area contributed by atoms with Gasteiger partial charge in [0.1, 0.15) is 10.7 Å². The lowest BCUT2D eigenvalue weighted by atomic mass is 10.2. The molecule has 0 radical (unpaired) electrons. The number of amides is 1. The summed E-state index contributed by atoms with van der Waals surface area (Å²) in [6.07, 6.45) is 1.88. The van der Waals surface area contributed by atoms with Crippen molar-refractivity contribution in [2.45, 2.75) is 39.7 Å². The molecular formula is C14H20N6OS. The number of aromatic nitrogens is 4. The number of likely N-dealkylation sites (tertiary alicyclic amines) is 1. The van der Waals surface area contributed by atoms with Crippen LogP contribution in [0.3, 0.4) is 0 Å². The number of hydrogen-bond donors (Lipinski definition) is 2. The van der Waals surface area contributed by atoms with Gasteiger partial charge in [-0.15, -0.1) is 0 Å². The molecule has 3 heterocycles. The fraction of sp³-hybridized carbons (Fsp3) is 0.571. The Morgan fingerprint density at radius 2 is 2.27 bits per heavy atom. The first-order valence-corrected chi connectivity index (χ1v) is 8.33. The van der Waals surface area contributed by atoms with E-state index in [0.717, 1.165) is 42.6 Å². The predicted molar refractivity (Wildman–Crippen MR) is 85.1 cm³/mol. The molecule has 0 aromatic carbocycles. The first-order valence-electron chi connectivity index (χ1n) is 7.51. The highest BCUT2D eigenvalue weighted by molar-refractivity contribution is 7.17. The van der Waals surface area contributed by atoms with Crippen molar-refractivity contribution in [2.75, 3.05) is 18.4 Å². The molecule has 2 aromatic rings. The van der Waals surface area contributed by atoms with Gasteiger partial charge in [0.25, 0.3) is 5.91 Å². The summed E-state index contributed by atoms with van der Waals surface area (Å²) in [7, 11) is 0. The van der Waals surface area contributed by atoms with E-state index in [1.165, 1.54) is 11.3 Å². The maximum atomic E-state index is 12.9. The molecule has 1 aliphatic heterocycles. The van der Waals surface area contributed by atoms with Crippen LogP contribution in [-0.4, -0.2) is 44.1 Å². The third-order valence-corrected chi connectivity index (χ3v) is 4.85. The van der Waals surface area contributed by atoms with E-state index in [-0.39, 0.29) is 11.9 Å². The quantitative estimate of drug-likeness (QED) is 0.902. The summed E-state index contributed by atoms with van der Waals surface area (Å²) in [5.74, 6) is 1.51. The second-order valence-electron chi connectivity index (χ2n) is 5.40. The standard InChI is InChI=1S/C14H20N6OS/c1-4-15-14-16-8(2)11(22-14)13(21)20-7-5-6-10(20)12-17-9(3)18-19-12/h10H,4-7H2,1-3H3,(H,15,16)(H,17,18,19). The zero-order valence-electron chi connectivity index (χ0n) is 13.0. The van der Waals surface area contributed by atoms with Gasteiger partial charge >= 0.3 is 0 Å². The molecule has 0 spiro atoms. The van der Waals surface area contributed by atoms with Crippen LogP contribution in [0.25, 0.3) is 0 Å². The zero-order valence-corrected chi connectivity index (χ0v) is 13.8. The van der Waals surface area contributed by atoms with Gasteiger partial charge in [-0.25, -0.2) is 9.97 Å². The number of aromatic amines is 1. The summed E-state index contributed by atoms with van der Waals surface area (Å²) in [4.78, 5) is 24.3. The van der Waals surface area contributed by atoms with Crippen molar-refractivity contribution in [3.05, 3.63) is 22.2 Å². The van der Waals surface area contributed by atoms with Gasteiger partial charge in [-0.3, -0.25) is 9.89 Å². The normalized spacial score (nSPS) is 18.0. The summed E-state index contributed by atoms with van der Waals surface area (Å²) in [5.41, 5.74) is 0.780. The summed E-state index contributed by atoms with van der Waals surface area (Å²) in [6, 6.07) is -0.0402. The number of carbonyl (C=O) groups is 1. The molecule has 3 rings (SSSR count). The second kappa shape index (κ2) is 6.04. The molecule has 1 unspecified atom stereocenters. The van der Waals surface area contributed by atoms with E-state index in [1.807, 2.05) is 25.7 Å². The monoisotopic (exact) mass is 320 g/mol. The average Bonchev–Trinajstić information content (AvgIpc) is 3.18. The molecule has 0 bridgehead atoms. The Bertz CT molecular complexity index is 679. The lowest BCUT2D eigenvalue weighted by Crippen LogP contribution is -2.31. The molecule has 22 heavy (non-hydrogen) atoms. The van der Waals surface area contributed by atoms with Gasteiger partial charge in [-0.1, -0.05) is 11.3 Å². The van der Waals surface area contributed by atoms with Crippen LogP contribution >= 0.6 is 11.3 Å². The largest absolute Gasteiger partial charge is 0.362 e. The lowest BCUT2D eigenvalue weighted by Gasteiger charge is -2.21. The molecule has 1 saturated heterocycles. The molecule has 7 nitrogen and oxygen atoms in total. The summed E-state index contributed by atoms with van der Waals surface area (Å²) in [6.45, 7) is 7.30. The number of anilines is 1. The summed E-state index contributed by atoms with van der Waals surface area (Å²) in [5, 5.41) is 11.1. The maximum absolute atomic E-state index is 12.9. The van der Waals surface area contributed by atoms with Gasteiger partial charge in [-0.2, -0.15) is 5.10 Å². The van der Waals surface area contributed by atoms with Crippen LogP contribution in [-0.2, 0) is 0 Å². The van der Waals surface area contributed by atoms with Gasteiger partial charge in [0.05, 0.1) is 11.7 Å². The van der Waals surface area contributed by atoms with E-state index in [2.05, 4.69) is 25.5 Å². The molecule has 1 amide bonds. The van der Waals surface area contributed by atoms with Crippen LogP contribution in [0.4, 0.5) is 5.13 Å². The second-order valence-corrected chi connectivity index (χ2v) is 6.40. The van der Waals surface area contributed by atoms with Crippen molar-refractivity contribution < 1.29 is 4.79 Å². The number of thiazole rings is 1. The van der Waals surface area contributed by atoms with Crippen molar-refractivity contribution in [3.63, 3.8) is 0 Å². The fourth-order valence-corrected chi connectivity index (χ4v) is 3.73. The van der Waals surface area contributed by atoms with Crippen LogP contribution in [0, 0.1) is 13.8 Å². The van der Waals surface area contributed by atoms with Gasteiger partial charge in [0, 0.05) is 13.1 Å². The van der Waals surface area contributed by atoms with E-state index < -0.39 is 0 Å². The van der Waals surface area contributed by atoms with E-state index in [4.69, 9.17) is 0 Å². The Labute approximate surface area is 133 Å². The summed E-state index contributed by atoms with van der Waals surface area (Å²) < 4.78 is 0. The van der Waals surface area contributed by atoms with Crippen LogP contribution in [0.2, 0.25) is 0 Å². The molecule has 1 aliphatic rings. The Hall–Kier alpha value is -1.96. The molecule has 2 N–H and O–H groups in total. The Morgan fingerprint density at radius 1 is 1.45 bits per heavy atom. The highest BCUT2D eigenvalue weighted by Gasteiger charge is 2.34. The SMILES string of the molecule is CCNc1nc(C)c(C(=O)N2CCCC2c2n[nH]c(C)n2)s1. The van der Waals surface area contributed by atoms with Crippen molar-refractivity contribution in [1.82, 2.24) is 25.1 Å². The minimum atomic E-state index is -0.0402. The molecule has 0 saturated carbocycles. The molecular weight excluding hydrogens is 300 g/mol. The minimum Gasteiger partial charge on any atom is -0.362 e. The molecule has 0 aliphatic carbocycles. The number of rotatable bonds is 4. The average molecular weight is 320 g/mol. The highest BCUT2D eigenvalue weighted by atomic mass is 32.1. The van der Waals surface area contributed by atoms with Crippen molar-refractivity contribution in [3.8, 4) is 0 Å². The van der Waals surface area contributed by atoms with Crippen molar-refractivity contribution >= 4 is 22.4 Å². The third-order valence-electron chi connectivity index (χ3n) is 3.75. The first kappa shape index (κ1) is 15.0. The topological polar surface area (TPSA) is 86.8 Å². The molecule has 1 atom stereocenters. The van der Waals surface area contributed by atoms with Crippen LogP contribution in [0.1, 0.15) is 52.8 Å². The maximum Gasteiger partial charge on any atom is 0.266 e. The first-order chi connectivity index (χ1) is 10.6. The smallest absolute Gasteiger partial charge is 0.266 e. The predicted octanol–water partition coefficient (Wildman–Crippen LogP) is 2.29. The van der Waals surface area contributed by atoms with Gasteiger partial charge in [0.15, 0.2) is 11.0 Å². The van der Waals surface area contributed by atoms with Crippen LogP contribution in [0.15, 0.2) is 0 Å². The third kappa shape index (κ3) is 2.70. The number of nitrogens with zero attached hydrogens (tertiary/aromatic N) is 4. The Balaban J connectivity index is 1.84. The molecule has 118 valence electrons. The van der Waals surface area contributed by atoms with Crippen molar-refractivity contribution in [2.24, 2.45) is 0 Å². The Morgan fingerprint density at radius 3 is 2.95 bits per heavy atom. The molecule has 1 fully saturated rings. The fourth-order valence-electron chi connectivity index (χ4n) is 2.74. The number of nitrogens with one attached hydrogen (secondary N) is 2. The van der Waals surface area contributed by atoms with E-state index in [9.17, 15) is 4.79 Å². The zero-order chi connectivity index (χ0) is 15.7. The summed E-state index contributed by atoms with van der Waals surface area (Å²) >= 11 is 1.42. The van der Waals surface area contributed by atoms with E-state index in [0.29, 0.717) is 10.7 Å².